The predicted octanol–water partition coefficient (Wildman–Crippen LogP) is 1.97. The van der Waals surface area contributed by atoms with Crippen LogP contribution in [-0.4, -0.2) is 24.2 Å². The molecule has 17 heavy (non-hydrogen) atoms. The lowest BCUT2D eigenvalue weighted by Crippen LogP contribution is -2.61. The number of nitrogens with two attached hydrogens (primary N) is 2. The summed E-state index contributed by atoms with van der Waals surface area (Å²) < 4.78 is 0. The van der Waals surface area contributed by atoms with Crippen LogP contribution < -0.4 is 16.4 Å². The molecule has 0 saturated heterocycles. The zero-order chi connectivity index (χ0) is 13.1. The van der Waals surface area contributed by atoms with Crippen LogP contribution in [0.2, 0.25) is 0 Å². The van der Waals surface area contributed by atoms with Gasteiger partial charge in [0, 0.05) is 29.9 Å². The Morgan fingerprint density at radius 2 is 1.29 bits per heavy atom. The van der Waals surface area contributed by atoms with Gasteiger partial charge in [-0.3, -0.25) is 0 Å². The molecule has 0 saturated carbocycles. The first-order chi connectivity index (χ1) is 7.85. The maximum absolute atomic E-state index is 5.91. The fraction of sp³-hybridized carbons (Fsp3) is 0.571. The van der Waals surface area contributed by atoms with Gasteiger partial charge in [-0.1, -0.05) is 18.2 Å². The number of anilines is 1. The van der Waals surface area contributed by atoms with Crippen molar-refractivity contribution in [2.75, 3.05) is 18.0 Å². The fourth-order valence-electron chi connectivity index (χ4n) is 2.28. The van der Waals surface area contributed by atoms with Gasteiger partial charge in [-0.15, -0.1) is 0 Å². The summed E-state index contributed by atoms with van der Waals surface area (Å²) in [6.07, 6.45) is 0. The highest BCUT2D eigenvalue weighted by atomic mass is 15.3. The van der Waals surface area contributed by atoms with Crippen molar-refractivity contribution in [3.05, 3.63) is 30.3 Å². The number of rotatable bonds is 5. The monoisotopic (exact) mass is 235 g/mol. The second-order valence-corrected chi connectivity index (χ2v) is 5.70. The number of benzene rings is 1. The molecular formula is C14H25N3. The van der Waals surface area contributed by atoms with Crippen LogP contribution in [0.3, 0.4) is 0 Å². The van der Waals surface area contributed by atoms with Gasteiger partial charge in [-0.25, -0.2) is 0 Å². The Hall–Kier alpha value is -1.06. The Bertz CT molecular complexity index is 328. The summed E-state index contributed by atoms with van der Waals surface area (Å²) in [5.74, 6) is 0. The molecule has 0 aliphatic rings. The summed E-state index contributed by atoms with van der Waals surface area (Å²) in [7, 11) is 0. The highest BCUT2D eigenvalue weighted by Crippen LogP contribution is 2.31. The van der Waals surface area contributed by atoms with E-state index >= 15 is 0 Å². The molecule has 3 nitrogen and oxygen atoms in total. The van der Waals surface area contributed by atoms with E-state index in [1.54, 1.807) is 0 Å². The van der Waals surface area contributed by atoms with E-state index < -0.39 is 0 Å². The molecule has 0 unspecified atom stereocenters. The summed E-state index contributed by atoms with van der Waals surface area (Å²) in [6, 6.07) is 10.3. The molecule has 0 spiro atoms. The van der Waals surface area contributed by atoms with Gasteiger partial charge >= 0.3 is 0 Å². The van der Waals surface area contributed by atoms with Crippen LogP contribution in [0.15, 0.2) is 30.3 Å². The summed E-state index contributed by atoms with van der Waals surface area (Å²) in [4.78, 5) is 2.32. The smallest absolute Gasteiger partial charge is 0.0474 e. The third-order valence-corrected chi connectivity index (χ3v) is 3.22. The molecule has 1 rings (SSSR count). The molecule has 0 heterocycles. The molecule has 4 N–H and O–H groups in total. The molecule has 0 aliphatic carbocycles. The molecule has 1 aromatic rings. The molecular weight excluding hydrogens is 210 g/mol. The normalized spacial score (nSPS) is 12.6. The van der Waals surface area contributed by atoms with Crippen LogP contribution in [0.25, 0.3) is 0 Å². The van der Waals surface area contributed by atoms with Crippen LogP contribution in [0.1, 0.15) is 27.7 Å². The molecule has 3 heteroatoms. The average molecular weight is 235 g/mol. The second-order valence-electron chi connectivity index (χ2n) is 5.70. The Morgan fingerprint density at radius 1 is 0.882 bits per heavy atom. The van der Waals surface area contributed by atoms with E-state index in [4.69, 9.17) is 11.5 Å². The third-order valence-electron chi connectivity index (χ3n) is 3.22. The fourth-order valence-corrected chi connectivity index (χ4v) is 2.28. The van der Waals surface area contributed by atoms with E-state index in [-0.39, 0.29) is 11.1 Å². The molecule has 0 atom stereocenters. The van der Waals surface area contributed by atoms with Crippen LogP contribution in [-0.2, 0) is 0 Å². The topological polar surface area (TPSA) is 55.3 Å². The highest BCUT2D eigenvalue weighted by molar-refractivity contribution is 5.51. The van der Waals surface area contributed by atoms with Crippen molar-refractivity contribution < 1.29 is 0 Å². The first-order valence-corrected chi connectivity index (χ1v) is 6.11. The summed E-state index contributed by atoms with van der Waals surface area (Å²) in [5.41, 5.74) is 12.8. The lowest BCUT2D eigenvalue weighted by molar-refractivity contribution is 0.349. The van der Waals surface area contributed by atoms with Crippen molar-refractivity contribution in [3.63, 3.8) is 0 Å². The van der Waals surface area contributed by atoms with E-state index in [2.05, 4.69) is 44.7 Å². The van der Waals surface area contributed by atoms with Crippen molar-refractivity contribution >= 4 is 5.69 Å². The summed E-state index contributed by atoms with van der Waals surface area (Å²) in [5, 5.41) is 0. The molecule has 0 fully saturated rings. The van der Waals surface area contributed by atoms with Crippen molar-refractivity contribution in [2.24, 2.45) is 11.5 Å². The van der Waals surface area contributed by atoms with Crippen LogP contribution in [0.4, 0.5) is 5.69 Å². The minimum Gasteiger partial charge on any atom is -0.359 e. The molecule has 1 aromatic carbocycles. The highest BCUT2D eigenvalue weighted by Gasteiger charge is 2.36. The first kappa shape index (κ1) is 14.0. The van der Waals surface area contributed by atoms with E-state index in [0.29, 0.717) is 13.1 Å². The molecule has 0 aliphatic heterocycles. The lowest BCUT2D eigenvalue weighted by atomic mass is 9.92. The van der Waals surface area contributed by atoms with Crippen LogP contribution >= 0.6 is 0 Å². The van der Waals surface area contributed by atoms with Crippen LogP contribution in [0.5, 0.6) is 0 Å². The lowest BCUT2D eigenvalue weighted by Gasteiger charge is -2.49. The predicted molar refractivity (Wildman–Crippen MR) is 75.2 cm³/mol. The molecule has 96 valence electrons. The molecule has 0 bridgehead atoms. The molecule has 0 aromatic heterocycles. The maximum Gasteiger partial charge on any atom is 0.0474 e. The second kappa shape index (κ2) is 5.07. The zero-order valence-electron chi connectivity index (χ0n) is 11.4. The number of para-hydroxylation sites is 1. The minimum atomic E-state index is -0.121. The summed E-state index contributed by atoms with van der Waals surface area (Å²) >= 11 is 0. The minimum absolute atomic E-state index is 0.121. The Morgan fingerprint density at radius 3 is 1.65 bits per heavy atom. The van der Waals surface area contributed by atoms with Crippen LogP contribution in [0, 0.1) is 0 Å². The number of nitrogens with zero attached hydrogens (tertiary/aromatic N) is 1. The van der Waals surface area contributed by atoms with Gasteiger partial charge in [0.1, 0.15) is 0 Å². The van der Waals surface area contributed by atoms with Crippen molar-refractivity contribution in [3.8, 4) is 0 Å². The first-order valence-electron chi connectivity index (χ1n) is 6.11. The van der Waals surface area contributed by atoms with Crippen molar-refractivity contribution in [1.82, 2.24) is 0 Å². The van der Waals surface area contributed by atoms with Gasteiger partial charge in [-0.2, -0.15) is 0 Å². The van der Waals surface area contributed by atoms with E-state index in [1.165, 1.54) is 5.69 Å². The average Bonchev–Trinajstić information content (AvgIpc) is 2.30. The van der Waals surface area contributed by atoms with Crippen molar-refractivity contribution in [1.29, 1.82) is 0 Å². The largest absolute Gasteiger partial charge is 0.359 e. The van der Waals surface area contributed by atoms with E-state index in [1.807, 2.05) is 18.2 Å². The van der Waals surface area contributed by atoms with Gasteiger partial charge in [0.15, 0.2) is 0 Å². The number of hydrogen-bond acceptors (Lipinski definition) is 3. The Kier molecular flexibility index (Phi) is 4.17. The quantitative estimate of drug-likeness (QED) is 0.820. The van der Waals surface area contributed by atoms with Gasteiger partial charge in [-0.05, 0) is 39.8 Å². The zero-order valence-corrected chi connectivity index (χ0v) is 11.4. The SMILES string of the molecule is CC(C)(CN)N(c1ccccc1)C(C)(C)CN. The number of hydrogen-bond donors (Lipinski definition) is 2. The van der Waals surface area contributed by atoms with Gasteiger partial charge < -0.3 is 16.4 Å². The van der Waals surface area contributed by atoms with Gasteiger partial charge in [0.25, 0.3) is 0 Å². The van der Waals surface area contributed by atoms with E-state index in [0.717, 1.165) is 0 Å². The Labute approximate surface area is 105 Å². The maximum atomic E-state index is 5.91. The third kappa shape index (κ3) is 2.99. The van der Waals surface area contributed by atoms with E-state index in [9.17, 15) is 0 Å². The Balaban J connectivity index is 3.22. The van der Waals surface area contributed by atoms with Gasteiger partial charge in [0.2, 0.25) is 0 Å². The standard InChI is InChI=1S/C14H25N3/c1-13(2,10-15)17(14(3,4)11-16)12-8-6-5-7-9-12/h5-9H,10-11,15-16H2,1-4H3. The van der Waals surface area contributed by atoms with Crippen molar-refractivity contribution in [2.45, 2.75) is 38.8 Å². The molecule has 0 amide bonds. The summed E-state index contributed by atoms with van der Waals surface area (Å²) in [6.45, 7) is 9.78. The van der Waals surface area contributed by atoms with Gasteiger partial charge in [0.05, 0.1) is 0 Å². The molecule has 0 radical (unpaired) electrons.